The average molecular weight is 745 g/mol. The van der Waals surface area contributed by atoms with Gasteiger partial charge >= 0.3 is 28.4 Å². The van der Waals surface area contributed by atoms with Crippen LogP contribution in [-0.2, 0) is 41.5 Å². The molecule has 0 radical (unpaired) electrons. The van der Waals surface area contributed by atoms with Crippen molar-refractivity contribution < 1.29 is 24.2 Å². The van der Waals surface area contributed by atoms with Gasteiger partial charge in [0, 0.05) is 0 Å². The van der Waals surface area contributed by atoms with Crippen molar-refractivity contribution in [1.29, 1.82) is 0 Å². The molecule has 2 aliphatic carbocycles. The Morgan fingerprint density at radius 2 is 1.13 bits per heavy atom. The summed E-state index contributed by atoms with van der Waals surface area (Å²) in [5.41, 5.74) is 13.0. The second kappa shape index (κ2) is 18.5. The van der Waals surface area contributed by atoms with Crippen LogP contribution in [0.25, 0.3) is 22.3 Å². The smallest absolute Gasteiger partial charge is 0.0184 e. The molecule has 47 heavy (non-hydrogen) atoms. The van der Waals surface area contributed by atoms with Crippen molar-refractivity contribution in [2.24, 2.45) is 11.3 Å². The van der Waals surface area contributed by atoms with Gasteiger partial charge in [-0.15, -0.1) is 30.4 Å². The molecule has 4 aromatic carbocycles. The monoisotopic (exact) mass is 742 g/mol. The summed E-state index contributed by atoms with van der Waals surface area (Å²) in [6.45, 7) is 22.5. The SMILES string of the molecule is CC(C)(C)c1c[c-]c2c(c1)-c1cc(C(C)(C)C)ccc1C2.CC1[C-]=CC(C(C)(C)C)=C1.Cl.Cl.[CH2]=[Zr+2].c1ccc(-c2ccccc2)cc1. The molecule has 0 bridgehead atoms. The van der Waals surface area contributed by atoms with Gasteiger partial charge in [0.05, 0.1) is 0 Å². The number of benzene rings is 4. The summed E-state index contributed by atoms with van der Waals surface area (Å²) in [5, 5.41) is 0. The summed E-state index contributed by atoms with van der Waals surface area (Å²) in [5.74, 6) is 0.522. The van der Waals surface area contributed by atoms with Crippen LogP contribution in [0.1, 0.15) is 91.5 Å². The zero-order valence-corrected chi connectivity index (χ0v) is 34.2. The number of halogens is 2. The third-order valence-electron chi connectivity index (χ3n) is 8.20. The molecule has 0 fully saturated rings. The largest absolute Gasteiger partial charge is 0.0622 e. The molecular formula is C44H54Cl2Zr. The molecule has 2 aliphatic rings. The van der Waals surface area contributed by atoms with E-state index in [1.807, 2.05) is 12.1 Å². The quantitative estimate of drug-likeness (QED) is 0.150. The number of rotatable bonds is 1. The van der Waals surface area contributed by atoms with Gasteiger partial charge in [0.2, 0.25) is 0 Å². The molecule has 0 saturated carbocycles. The average Bonchev–Trinajstić information content (AvgIpc) is 3.62. The van der Waals surface area contributed by atoms with E-state index in [-0.39, 0.29) is 35.6 Å². The minimum atomic E-state index is 0. The van der Waals surface area contributed by atoms with Crippen LogP contribution in [0.3, 0.4) is 0 Å². The predicted octanol–water partition coefficient (Wildman–Crippen LogP) is 12.8. The van der Waals surface area contributed by atoms with E-state index in [1.54, 1.807) is 0 Å². The minimum absolute atomic E-state index is 0. The van der Waals surface area contributed by atoms with Crippen LogP contribution in [0, 0.1) is 23.5 Å². The van der Waals surface area contributed by atoms with E-state index in [4.69, 9.17) is 0 Å². The maximum atomic E-state index is 3.53. The van der Waals surface area contributed by atoms with E-state index >= 15 is 0 Å². The Kier molecular flexibility index (Phi) is 16.8. The maximum Gasteiger partial charge on any atom is -0.0184 e. The molecule has 0 amide bonds. The molecule has 4 aromatic rings. The van der Waals surface area contributed by atoms with E-state index in [1.165, 1.54) is 74.3 Å². The van der Waals surface area contributed by atoms with Crippen molar-refractivity contribution in [3.05, 3.63) is 143 Å². The van der Waals surface area contributed by atoms with E-state index in [0.29, 0.717) is 11.3 Å². The van der Waals surface area contributed by atoms with Crippen molar-refractivity contribution in [1.82, 2.24) is 0 Å². The van der Waals surface area contributed by atoms with Crippen LogP contribution in [0.2, 0.25) is 0 Å². The molecule has 0 saturated heterocycles. The Morgan fingerprint density at radius 3 is 1.53 bits per heavy atom. The number of fused-ring (bicyclic) bond motifs is 3. The van der Waals surface area contributed by atoms with Crippen molar-refractivity contribution >= 4 is 29.0 Å². The van der Waals surface area contributed by atoms with E-state index < -0.39 is 0 Å². The summed E-state index contributed by atoms with van der Waals surface area (Å²) >= 11 is 1.30. The zero-order valence-electron chi connectivity index (χ0n) is 30.1. The number of hydrogen-bond donors (Lipinski definition) is 0. The molecule has 6 rings (SSSR count). The van der Waals surface area contributed by atoms with Crippen LogP contribution in [-0.4, -0.2) is 4.21 Å². The molecule has 0 N–H and O–H groups in total. The molecular weight excluding hydrogens is 691 g/mol. The Hall–Kier alpha value is -2.31. The standard InChI is InChI=1S/C21H25.C12H10.C10H15.CH2.2ClH.Zr/c1-20(2,3)16-9-7-14-11-15-8-10-17(21(4,5)6)13-19(15)18(14)12-16;1-3-7-11(8-4-1)12-9-5-2-6-10-12;1-8-5-6-9(7-8)10(2,3)4;;;;/h7,9-10,12-13H,11H2,1-6H3;1-10H;6-8H,1-4H3;1H2;2*1H;/q-1;;-1;;;;+2. The first-order valence-corrected chi connectivity index (χ1v) is 17.8. The Morgan fingerprint density at radius 1 is 0.638 bits per heavy atom. The Balaban J connectivity index is 0.000000364. The van der Waals surface area contributed by atoms with Gasteiger partial charge in [0.25, 0.3) is 0 Å². The molecule has 0 spiro atoms. The van der Waals surface area contributed by atoms with Gasteiger partial charge in [0.15, 0.2) is 0 Å². The molecule has 0 heterocycles. The summed E-state index contributed by atoms with van der Waals surface area (Å²) in [6, 6.07) is 35.8. The summed E-state index contributed by atoms with van der Waals surface area (Å²) in [4.78, 5) is 0. The molecule has 3 heteroatoms. The fourth-order valence-corrected chi connectivity index (χ4v) is 5.30. The molecule has 0 aliphatic heterocycles. The second-order valence-corrected chi connectivity index (χ2v) is 15.0. The summed E-state index contributed by atoms with van der Waals surface area (Å²) in [6.07, 6.45) is 8.68. The molecule has 1 atom stereocenters. The van der Waals surface area contributed by atoms with Crippen LogP contribution in [0.4, 0.5) is 0 Å². The minimum Gasteiger partial charge on any atom is -0.0622 e. The topological polar surface area (TPSA) is 0 Å². The first-order chi connectivity index (χ1) is 21.1. The predicted molar refractivity (Wildman–Crippen MR) is 209 cm³/mol. The fraction of sp³-hybridized carbons (Fsp3) is 0.341. The van der Waals surface area contributed by atoms with Gasteiger partial charge in [-0.25, -0.2) is 6.08 Å². The van der Waals surface area contributed by atoms with Crippen molar-refractivity contribution in [3.8, 4) is 22.3 Å². The van der Waals surface area contributed by atoms with E-state index in [9.17, 15) is 0 Å². The first kappa shape index (κ1) is 42.7. The van der Waals surface area contributed by atoms with Crippen LogP contribution < -0.4 is 0 Å². The second-order valence-electron chi connectivity index (χ2n) is 15.0. The van der Waals surface area contributed by atoms with Crippen LogP contribution >= 0.6 is 24.8 Å². The third kappa shape index (κ3) is 12.3. The van der Waals surface area contributed by atoms with Gasteiger partial charge < -0.3 is 0 Å². The molecule has 0 aromatic heterocycles. The number of allylic oxidation sites excluding steroid dienone is 4. The number of hydrogen-bond acceptors (Lipinski definition) is 0. The molecule has 0 nitrogen and oxygen atoms in total. The van der Waals surface area contributed by atoms with E-state index in [2.05, 4.69) is 177 Å². The van der Waals surface area contributed by atoms with Gasteiger partial charge in [-0.05, 0) is 28.5 Å². The summed E-state index contributed by atoms with van der Waals surface area (Å²) < 4.78 is 3.34. The third-order valence-corrected chi connectivity index (χ3v) is 8.20. The molecule has 248 valence electrons. The first-order valence-electron chi connectivity index (χ1n) is 16.1. The van der Waals surface area contributed by atoms with Crippen molar-refractivity contribution in [2.45, 2.75) is 86.5 Å². The Labute approximate surface area is 314 Å². The Bertz CT molecular complexity index is 1500. The van der Waals surface area contributed by atoms with Crippen LogP contribution in [0.15, 0.2) is 109 Å². The zero-order chi connectivity index (χ0) is 33.4. The fourth-order valence-electron chi connectivity index (χ4n) is 5.30. The van der Waals surface area contributed by atoms with Gasteiger partial charge in [-0.2, -0.15) is 41.0 Å². The maximum absolute atomic E-state index is 3.53. The van der Waals surface area contributed by atoms with Crippen LogP contribution in [0.5, 0.6) is 0 Å². The van der Waals surface area contributed by atoms with Crippen molar-refractivity contribution in [2.75, 3.05) is 0 Å². The van der Waals surface area contributed by atoms with E-state index in [0.717, 1.165) is 6.42 Å². The summed E-state index contributed by atoms with van der Waals surface area (Å²) in [7, 11) is 0. The molecule has 1 unspecified atom stereocenters. The normalized spacial score (nSPS) is 14.2. The van der Waals surface area contributed by atoms with Crippen molar-refractivity contribution in [3.63, 3.8) is 0 Å². The van der Waals surface area contributed by atoms with Gasteiger partial charge in [-0.1, -0.05) is 176 Å². The van der Waals surface area contributed by atoms with Gasteiger partial charge in [-0.3, -0.25) is 6.08 Å². The van der Waals surface area contributed by atoms with Gasteiger partial charge in [0.1, 0.15) is 0 Å².